The third-order valence-electron chi connectivity index (χ3n) is 3.63. The Hall–Kier alpha value is -2.69. The Kier molecular flexibility index (Phi) is 6.50. The highest BCUT2D eigenvalue weighted by atomic mass is 32.2. The van der Waals surface area contributed by atoms with Crippen LogP contribution in [0.4, 0.5) is 4.39 Å². The first-order valence-corrected chi connectivity index (χ1v) is 9.39. The second-order valence-corrected chi connectivity index (χ2v) is 7.49. The van der Waals surface area contributed by atoms with Gasteiger partial charge in [-0.15, -0.1) is 6.42 Å². The average Bonchev–Trinajstić information content (AvgIpc) is 2.62. The molecule has 0 aliphatic heterocycles. The lowest BCUT2D eigenvalue weighted by molar-refractivity contribution is 0.0939. The van der Waals surface area contributed by atoms with Crippen LogP contribution >= 0.6 is 0 Å². The first kappa shape index (κ1) is 19.6. The first-order chi connectivity index (χ1) is 12.3. The molecule has 0 aliphatic carbocycles. The molecule has 0 saturated carbocycles. The van der Waals surface area contributed by atoms with E-state index < -0.39 is 15.9 Å². The van der Waals surface area contributed by atoms with E-state index in [9.17, 15) is 17.6 Å². The average molecular weight is 374 g/mol. The fourth-order valence-corrected chi connectivity index (χ4v) is 3.36. The van der Waals surface area contributed by atoms with Gasteiger partial charge in [-0.3, -0.25) is 4.79 Å². The molecule has 7 heteroatoms. The molecule has 0 aliphatic rings. The van der Waals surface area contributed by atoms with Crippen molar-refractivity contribution < 1.29 is 17.6 Å². The number of hydrogen-bond donors (Lipinski definition) is 2. The predicted molar refractivity (Wildman–Crippen MR) is 97.5 cm³/mol. The van der Waals surface area contributed by atoms with Gasteiger partial charge in [0.2, 0.25) is 10.0 Å². The van der Waals surface area contributed by atoms with E-state index in [1.165, 1.54) is 30.3 Å². The van der Waals surface area contributed by atoms with Crippen molar-refractivity contribution in [1.82, 2.24) is 10.0 Å². The van der Waals surface area contributed by atoms with Gasteiger partial charge in [-0.1, -0.05) is 30.2 Å². The number of amides is 1. The molecule has 1 atom stereocenters. The van der Waals surface area contributed by atoms with E-state index in [4.69, 9.17) is 6.42 Å². The van der Waals surface area contributed by atoms with Gasteiger partial charge < -0.3 is 5.32 Å². The zero-order chi connectivity index (χ0) is 19.2. The van der Waals surface area contributed by atoms with E-state index in [1.807, 2.05) is 0 Å². The summed E-state index contributed by atoms with van der Waals surface area (Å²) in [4.78, 5) is 12.3. The maximum Gasteiger partial charge on any atom is 0.251 e. The molecular weight excluding hydrogens is 355 g/mol. The molecule has 0 fully saturated rings. The molecule has 2 rings (SSSR count). The van der Waals surface area contributed by atoms with E-state index in [2.05, 4.69) is 16.0 Å². The molecule has 0 spiro atoms. The summed E-state index contributed by atoms with van der Waals surface area (Å²) in [6.45, 7) is 1.61. The predicted octanol–water partition coefficient (Wildman–Crippen LogP) is 2.10. The van der Waals surface area contributed by atoms with Crippen molar-refractivity contribution in [2.24, 2.45) is 0 Å². The number of carbonyl (C=O) groups is 1. The van der Waals surface area contributed by atoms with Crippen LogP contribution in [-0.2, 0) is 16.4 Å². The fraction of sp³-hybridized carbons (Fsp3) is 0.211. The maximum absolute atomic E-state index is 13.7. The van der Waals surface area contributed by atoms with Crippen LogP contribution in [0, 0.1) is 18.2 Å². The van der Waals surface area contributed by atoms with Gasteiger partial charge in [0.25, 0.3) is 5.91 Å². The minimum absolute atomic E-state index is 0.0536. The minimum Gasteiger partial charge on any atom is -0.349 e. The lowest BCUT2D eigenvalue weighted by atomic mass is 10.1. The molecule has 2 aromatic rings. The van der Waals surface area contributed by atoms with Gasteiger partial charge in [-0.05, 0) is 43.2 Å². The number of nitrogens with one attached hydrogen (secondary N) is 2. The smallest absolute Gasteiger partial charge is 0.251 e. The molecule has 5 nitrogen and oxygen atoms in total. The van der Waals surface area contributed by atoms with Crippen molar-refractivity contribution >= 4 is 15.9 Å². The van der Waals surface area contributed by atoms with E-state index in [-0.39, 0.29) is 28.9 Å². The third-order valence-corrected chi connectivity index (χ3v) is 5.03. The van der Waals surface area contributed by atoms with Crippen molar-refractivity contribution in [2.75, 3.05) is 6.54 Å². The van der Waals surface area contributed by atoms with E-state index >= 15 is 0 Å². The van der Waals surface area contributed by atoms with Crippen LogP contribution in [0.25, 0.3) is 0 Å². The van der Waals surface area contributed by atoms with Crippen LogP contribution in [0.15, 0.2) is 53.4 Å². The Morgan fingerprint density at radius 1 is 1.23 bits per heavy atom. The largest absolute Gasteiger partial charge is 0.349 e. The quantitative estimate of drug-likeness (QED) is 0.729. The molecule has 136 valence electrons. The lowest BCUT2D eigenvalue weighted by Gasteiger charge is -2.15. The Labute approximate surface area is 152 Å². The maximum atomic E-state index is 13.7. The van der Waals surface area contributed by atoms with Crippen molar-refractivity contribution in [3.63, 3.8) is 0 Å². The topological polar surface area (TPSA) is 75.3 Å². The summed E-state index contributed by atoms with van der Waals surface area (Å²) >= 11 is 0. The van der Waals surface area contributed by atoms with Gasteiger partial charge in [-0.2, -0.15) is 4.72 Å². The number of rotatable bonds is 7. The lowest BCUT2D eigenvalue weighted by Crippen LogP contribution is -2.34. The van der Waals surface area contributed by atoms with Crippen LogP contribution in [0.5, 0.6) is 0 Å². The van der Waals surface area contributed by atoms with Gasteiger partial charge in [-0.25, -0.2) is 12.8 Å². The molecule has 0 radical (unpaired) electrons. The highest BCUT2D eigenvalue weighted by molar-refractivity contribution is 7.89. The van der Waals surface area contributed by atoms with E-state index in [0.717, 1.165) is 0 Å². The van der Waals surface area contributed by atoms with Crippen molar-refractivity contribution in [3.8, 4) is 12.3 Å². The van der Waals surface area contributed by atoms with Crippen LogP contribution < -0.4 is 10.0 Å². The highest BCUT2D eigenvalue weighted by Crippen LogP contribution is 2.13. The second kappa shape index (κ2) is 8.61. The fourth-order valence-electron chi connectivity index (χ4n) is 2.38. The number of hydrogen-bond acceptors (Lipinski definition) is 3. The summed E-state index contributed by atoms with van der Waals surface area (Å²) in [6.07, 6.45) is 5.37. The normalized spacial score (nSPS) is 12.2. The van der Waals surface area contributed by atoms with Gasteiger partial charge in [0.15, 0.2) is 0 Å². The van der Waals surface area contributed by atoms with Gasteiger partial charge in [0, 0.05) is 11.6 Å². The zero-order valence-electron chi connectivity index (χ0n) is 14.2. The summed E-state index contributed by atoms with van der Waals surface area (Å²) < 4.78 is 40.1. The van der Waals surface area contributed by atoms with Gasteiger partial charge in [0.1, 0.15) is 5.82 Å². The first-order valence-electron chi connectivity index (χ1n) is 7.91. The third kappa shape index (κ3) is 5.15. The Balaban J connectivity index is 2.09. The SMILES string of the molecule is C#CCNS(=O)(=O)c1cccc(C(=O)NC(C)Cc2ccccc2F)c1. The van der Waals surface area contributed by atoms with Gasteiger partial charge in [0.05, 0.1) is 11.4 Å². The van der Waals surface area contributed by atoms with Crippen molar-refractivity contribution in [1.29, 1.82) is 0 Å². The molecule has 0 bridgehead atoms. The summed E-state index contributed by atoms with van der Waals surface area (Å²) in [7, 11) is -3.78. The summed E-state index contributed by atoms with van der Waals surface area (Å²) in [5, 5.41) is 2.74. The number of sulfonamides is 1. The van der Waals surface area contributed by atoms with E-state index in [0.29, 0.717) is 12.0 Å². The summed E-state index contributed by atoms with van der Waals surface area (Å²) in [5.41, 5.74) is 0.684. The highest BCUT2D eigenvalue weighted by Gasteiger charge is 2.17. The minimum atomic E-state index is -3.78. The van der Waals surface area contributed by atoms with Crippen LogP contribution in [0.3, 0.4) is 0 Å². The molecule has 0 aromatic heterocycles. The number of benzene rings is 2. The summed E-state index contributed by atoms with van der Waals surface area (Å²) in [6, 6.07) is 11.6. The molecule has 0 heterocycles. The van der Waals surface area contributed by atoms with Crippen LogP contribution in [0.1, 0.15) is 22.8 Å². The standard InChI is InChI=1S/C19H19FN2O3S/c1-3-11-21-26(24,25)17-9-6-8-16(13-17)19(23)22-14(2)12-15-7-4-5-10-18(15)20/h1,4-10,13-14,21H,11-12H2,2H3,(H,22,23). The zero-order valence-corrected chi connectivity index (χ0v) is 15.0. The molecule has 0 saturated heterocycles. The molecule has 26 heavy (non-hydrogen) atoms. The van der Waals surface area contributed by atoms with Gasteiger partial charge >= 0.3 is 0 Å². The van der Waals surface area contributed by atoms with Crippen molar-refractivity contribution in [3.05, 3.63) is 65.5 Å². The second-order valence-electron chi connectivity index (χ2n) is 5.73. The molecular formula is C19H19FN2O3S. The number of halogens is 1. The van der Waals surface area contributed by atoms with Crippen molar-refractivity contribution in [2.45, 2.75) is 24.3 Å². The molecule has 2 aromatic carbocycles. The Bertz CT molecular complexity index is 936. The van der Waals surface area contributed by atoms with E-state index in [1.54, 1.807) is 25.1 Å². The Morgan fingerprint density at radius 3 is 2.65 bits per heavy atom. The summed E-state index contributed by atoms with van der Waals surface area (Å²) in [5.74, 6) is 1.41. The molecule has 1 amide bonds. The number of terminal acetylenes is 1. The Morgan fingerprint density at radius 2 is 1.96 bits per heavy atom. The molecule has 2 N–H and O–H groups in total. The molecule has 1 unspecified atom stereocenters. The number of carbonyl (C=O) groups excluding carboxylic acids is 1. The van der Waals surface area contributed by atoms with Crippen LogP contribution in [-0.4, -0.2) is 26.9 Å². The van der Waals surface area contributed by atoms with Crippen LogP contribution in [0.2, 0.25) is 0 Å². The monoisotopic (exact) mass is 374 g/mol.